The summed E-state index contributed by atoms with van der Waals surface area (Å²) in [6, 6.07) is 2.46. The number of hydrogen-bond acceptors (Lipinski definition) is 7. The average Bonchev–Trinajstić information content (AvgIpc) is 2.60. The van der Waals surface area contributed by atoms with Crippen LogP contribution in [0.3, 0.4) is 0 Å². The van der Waals surface area contributed by atoms with Crippen LogP contribution in [0.15, 0.2) is 23.1 Å². The molecule has 0 aliphatic carbocycles. The van der Waals surface area contributed by atoms with E-state index in [4.69, 9.17) is 38.4 Å². The number of aromatic amines is 1. The van der Waals surface area contributed by atoms with Gasteiger partial charge in [-0.15, -0.1) is 0 Å². The Morgan fingerprint density at radius 2 is 2.08 bits per heavy atom. The number of halogens is 1. The number of methoxy groups -OCH3 is 2. The second-order valence-corrected chi connectivity index (χ2v) is 5.80. The van der Waals surface area contributed by atoms with Crippen LogP contribution < -0.4 is 15.0 Å². The fourth-order valence-electron chi connectivity index (χ4n) is 2.34. The van der Waals surface area contributed by atoms with E-state index in [-0.39, 0.29) is 43.8 Å². The van der Waals surface area contributed by atoms with Crippen LogP contribution in [0.1, 0.15) is 10.4 Å². The largest absolute Gasteiger partial charge is 0.490 e. The second kappa shape index (κ2) is 6.73. The minimum atomic E-state index is -1.18. The lowest BCUT2D eigenvalue weighted by molar-refractivity contribution is 0.0697. The first-order valence-corrected chi connectivity index (χ1v) is 7.83. The molecule has 2 aromatic heterocycles. The topological polar surface area (TPSA) is 119 Å². The van der Waals surface area contributed by atoms with Crippen LogP contribution in [0.25, 0.3) is 16.9 Å². The molecule has 2 N–H and O–H groups in total. The Balaban J connectivity index is 2.34. The van der Waals surface area contributed by atoms with Gasteiger partial charge in [0, 0.05) is 0 Å². The fourth-order valence-corrected chi connectivity index (χ4v) is 2.92. The van der Waals surface area contributed by atoms with E-state index in [9.17, 15) is 9.59 Å². The highest BCUT2D eigenvalue weighted by Gasteiger charge is 2.17. The summed E-state index contributed by atoms with van der Waals surface area (Å²) in [6.45, 7) is 0. The number of nitrogens with zero attached hydrogens (tertiary/aromatic N) is 3. The molecule has 0 amide bonds. The lowest BCUT2D eigenvalue weighted by Gasteiger charge is -2.10. The van der Waals surface area contributed by atoms with Gasteiger partial charge < -0.3 is 19.6 Å². The number of benzene rings is 1. The molecule has 3 rings (SSSR count). The normalized spacial score (nSPS) is 10.7. The maximum atomic E-state index is 12.9. The van der Waals surface area contributed by atoms with Crippen molar-refractivity contribution in [2.45, 2.75) is 0 Å². The van der Waals surface area contributed by atoms with E-state index in [1.54, 1.807) is 0 Å². The van der Waals surface area contributed by atoms with E-state index in [1.165, 1.54) is 32.5 Å². The summed E-state index contributed by atoms with van der Waals surface area (Å²) in [6.07, 6.45) is 1.34. The van der Waals surface area contributed by atoms with Crippen molar-refractivity contribution < 1.29 is 19.4 Å². The summed E-state index contributed by atoms with van der Waals surface area (Å²) in [7, 11) is 2.82. The molecule has 0 bridgehead atoms. The Morgan fingerprint density at radius 1 is 1.35 bits per heavy atom. The third-order valence-corrected chi connectivity index (χ3v) is 4.10. The summed E-state index contributed by atoms with van der Waals surface area (Å²) in [5.41, 5.74) is -0.479. The zero-order valence-electron chi connectivity index (χ0n) is 13.4. The van der Waals surface area contributed by atoms with Gasteiger partial charge in [-0.05, 0) is 24.4 Å². The van der Waals surface area contributed by atoms with Crippen LogP contribution in [-0.4, -0.2) is 44.8 Å². The van der Waals surface area contributed by atoms with Crippen molar-refractivity contribution in [2.24, 2.45) is 0 Å². The van der Waals surface area contributed by atoms with Gasteiger partial charge in [0.25, 0.3) is 11.4 Å². The summed E-state index contributed by atoms with van der Waals surface area (Å²) in [4.78, 5) is 35.0. The summed E-state index contributed by atoms with van der Waals surface area (Å²) >= 11 is 11.3. The van der Waals surface area contributed by atoms with Gasteiger partial charge in [0.1, 0.15) is 0 Å². The van der Waals surface area contributed by atoms with Crippen LogP contribution >= 0.6 is 23.8 Å². The third-order valence-electron chi connectivity index (χ3n) is 3.52. The van der Waals surface area contributed by atoms with Crippen LogP contribution in [0.5, 0.6) is 11.6 Å². The lowest BCUT2D eigenvalue weighted by Crippen LogP contribution is -2.23. The van der Waals surface area contributed by atoms with Gasteiger partial charge >= 0.3 is 5.97 Å². The number of nitrogens with one attached hydrogen (secondary N) is 1. The first kappa shape index (κ1) is 17.8. The summed E-state index contributed by atoms with van der Waals surface area (Å²) in [5.74, 6) is -0.829. The SMILES string of the molecule is COc1cnc(-n2c(=S)[nH]c3cc(C(=O)O)cc(Cl)c3c2=O)nc1OC. The number of carbonyl (C=O) groups is 1. The molecule has 2 heterocycles. The van der Waals surface area contributed by atoms with E-state index in [0.717, 1.165) is 4.57 Å². The fraction of sp³-hybridized carbons (Fsp3) is 0.133. The van der Waals surface area contributed by atoms with Crippen molar-refractivity contribution in [3.63, 3.8) is 0 Å². The molecule has 11 heteroatoms. The van der Waals surface area contributed by atoms with E-state index in [0.29, 0.717) is 0 Å². The molecule has 0 atom stereocenters. The van der Waals surface area contributed by atoms with Crippen molar-refractivity contribution >= 4 is 40.7 Å². The molecule has 1 aromatic carbocycles. The van der Waals surface area contributed by atoms with Gasteiger partial charge in [0.2, 0.25) is 5.95 Å². The number of fused-ring (bicyclic) bond motifs is 1. The van der Waals surface area contributed by atoms with E-state index in [2.05, 4.69) is 15.0 Å². The molecule has 0 saturated heterocycles. The van der Waals surface area contributed by atoms with E-state index in [1.807, 2.05) is 0 Å². The predicted molar refractivity (Wildman–Crippen MR) is 95.4 cm³/mol. The molecule has 0 aliphatic rings. The Labute approximate surface area is 155 Å². The highest BCUT2D eigenvalue weighted by Crippen LogP contribution is 2.25. The summed E-state index contributed by atoms with van der Waals surface area (Å²) < 4.78 is 11.2. The van der Waals surface area contributed by atoms with Gasteiger partial charge in [-0.25, -0.2) is 14.3 Å². The maximum Gasteiger partial charge on any atom is 0.335 e. The van der Waals surface area contributed by atoms with Gasteiger partial charge in [-0.2, -0.15) is 4.98 Å². The average molecular weight is 395 g/mol. The molecule has 0 saturated carbocycles. The number of ether oxygens (including phenoxy) is 2. The predicted octanol–water partition coefficient (Wildman–Crippen LogP) is 2.21. The number of aromatic carboxylic acids is 1. The Hall–Kier alpha value is -2.98. The minimum absolute atomic E-state index is 0.0340. The molecule has 0 radical (unpaired) electrons. The van der Waals surface area contributed by atoms with E-state index < -0.39 is 11.5 Å². The number of carboxylic acid groups (broad SMARTS) is 1. The molecule has 0 aliphatic heterocycles. The molecule has 0 spiro atoms. The third kappa shape index (κ3) is 2.89. The Kier molecular flexibility index (Phi) is 4.62. The zero-order valence-corrected chi connectivity index (χ0v) is 15.0. The van der Waals surface area contributed by atoms with Crippen molar-refractivity contribution in [2.75, 3.05) is 14.2 Å². The van der Waals surface area contributed by atoms with Crippen LogP contribution in [-0.2, 0) is 0 Å². The van der Waals surface area contributed by atoms with Gasteiger partial charge in [-0.3, -0.25) is 4.79 Å². The lowest BCUT2D eigenvalue weighted by atomic mass is 10.1. The van der Waals surface area contributed by atoms with Gasteiger partial charge in [0.05, 0.1) is 41.9 Å². The van der Waals surface area contributed by atoms with Crippen LogP contribution in [0, 0.1) is 4.77 Å². The molecular weight excluding hydrogens is 384 g/mol. The van der Waals surface area contributed by atoms with Crippen molar-refractivity contribution in [1.82, 2.24) is 19.5 Å². The molecule has 0 fully saturated rings. The Morgan fingerprint density at radius 3 is 2.69 bits per heavy atom. The molecular formula is C15H11ClN4O5S. The highest BCUT2D eigenvalue weighted by atomic mass is 35.5. The minimum Gasteiger partial charge on any atom is -0.490 e. The van der Waals surface area contributed by atoms with Crippen LogP contribution in [0.4, 0.5) is 0 Å². The zero-order chi connectivity index (χ0) is 19.0. The molecule has 134 valence electrons. The number of H-pyrrole nitrogens is 1. The molecule has 26 heavy (non-hydrogen) atoms. The smallest absolute Gasteiger partial charge is 0.335 e. The first-order chi connectivity index (χ1) is 12.4. The number of carboxylic acids is 1. The number of hydrogen-bond donors (Lipinski definition) is 2. The molecule has 3 aromatic rings. The molecule has 9 nitrogen and oxygen atoms in total. The van der Waals surface area contributed by atoms with Crippen molar-refractivity contribution in [1.29, 1.82) is 0 Å². The maximum absolute atomic E-state index is 12.9. The number of aromatic nitrogens is 4. The monoisotopic (exact) mass is 394 g/mol. The second-order valence-electron chi connectivity index (χ2n) is 5.00. The highest BCUT2D eigenvalue weighted by molar-refractivity contribution is 7.71. The van der Waals surface area contributed by atoms with E-state index >= 15 is 0 Å². The quantitative estimate of drug-likeness (QED) is 0.646. The summed E-state index contributed by atoms with van der Waals surface area (Å²) in [5, 5.41) is 9.14. The number of rotatable bonds is 4. The standard InChI is InChI=1S/C15H11ClN4O5S/c1-24-9-5-17-14(19-11(9)25-2)20-12(21)10-7(16)3-6(13(22)23)4-8(10)18-15(20)26/h3-5H,1-2H3,(H,18,26)(H,22,23). The van der Waals surface area contributed by atoms with Crippen molar-refractivity contribution in [3.05, 3.63) is 44.0 Å². The van der Waals surface area contributed by atoms with Gasteiger partial charge in [0.15, 0.2) is 10.5 Å². The first-order valence-electron chi connectivity index (χ1n) is 7.04. The van der Waals surface area contributed by atoms with Gasteiger partial charge in [-0.1, -0.05) is 11.6 Å². The molecule has 0 unspecified atom stereocenters. The van der Waals surface area contributed by atoms with Crippen molar-refractivity contribution in [3.8, 4) is 17.6 Å². The van der Waals surface area contributed by atoms with Crippen LogP contribution in [0.2, 0.25) is 5.02 Å². The Bertz CT molecular complexity index is 1160.